The number of nitrogens with one attached hydrogen (secondary N) is 1. The summed E-state index contributed by atoms with van der Waals surface area (Å²) in [4.78, 5) is 25.5. The van der Waals surface area contributed by atoms with Crippen molar-refractivity contribution < 1.29 is 23.8 Å². The number of fused-ring (bicyclic) bond motifs is 1. The summed E-state index contributed by atoms with van der Waals surface area (Å²) < 4.78 is 16.1. The van der Waals surface area contributed by atoms with Crippen LogP contribution in [0.15, 0.2) is 42.5 Å². The first-order valence-electron chi connectivity index (χ1n) is 9.11. The normalized spacial score (nSPS) is 11.8. The Hall–Kier alpha value is -3.22. The number of ether oxygens (including phenoxy) is 3. The molecule has 3 rings (SSSR count). The molecule has 148 valence electrons. The smallest absolute Gasteiger partial charge is 0.258 e. The molecule has 0 aliphatic carbocycles. The first kappa shape index (κ1) is 19.5. The van der Waals surface area contributed by atoms with E-state index in [0.717, 1.165) is 11.1 Å². The summed E-state index contributed by atoms with van der Waals surface area (Å²) in [6.45, 7) is 4.83. The first-order valence-corrected chi connectivity index (χ1v) is 9.11. The molecular weight excluding hydrogens is 360 g/mol. The van der Waals surface area contributed by atoms with E-state index < -0.39 is 0 Å². The predicted octanol–water partition coefficient (Wildman–Crippen LogP) is 2.27. The molecule has 0 spiro atoms. The van der Waals surface area contributed by atoms with Crippen LogP contribution in [-0.4, -0.2) is 43.2 Å². The van der Waals surface area contributed by atoms with Gasteiger partial charge in [0.15, 0.2) is 18.1 Å². The standard InChI is InChI=1S/C21H24N2O5/c1-15-3-6-18(7-4-15)26-13-21(25)22-9-10-23(16(2)24)12-17-5-8-19-20(11-17)28-14-27-19/h3-8,11H,9-10,12-14H2,1-2H3,(H,22,25). The molecule has 0 unspecified atom stereocenters. The summed E-state index contributed by atoms with van der Waals surface area (Å²) in [5, 5.41) is 2.77. The second-order valence-corrected chi connectivity index (χ2v) is 6.58. The Bertz CT molecular complexity index is 835. The Morgan fingerprint density at radius 3 is 2.61 bits per heavy atom. The van der Waals surface area contributed by atoms with Gasteiger partial charge in [0, 0.05) is 26.6 Å². The maximum atomic E-state index is 12.0. The largest absolute Gasteiger partial charge is 0.484 e. The molecule has 0 bridgehead atoms. The maximum absolute atomic E-state index is 12.0. The molecule has 0 radical (unpaired) electrons. The van der Waals surface area contributed by atoms with Gasteiger partial charge in [-0.15, -0.1) is 0 Å². The Balaban J connectivity index is 1.43. The quantitative estimate of drug-likeness (QED) is 0.756. The third-order valence-corrected chi connectivity index (χ3v) is 4.35. The van der Waals surface area contributed by atoms with Gasteiger partial charge < -0.3 is 24.4 Å². The van der Waals surface area contributed by atoms with E-state index >= 15 is 0 Å². The van der Waals surface area contributed by atoms with E-state index in [2.05, 4.69) is 5.32 Å². The summed E-state index contributed by atoms with van der Waals surface area (Å²) >= 11 is 0. The highest BCUT2D eigenvalue weighted by atomic mass is 16.7. The monoisotopic (exact) mass is 384 g/mol. The Morgan fingerprint density at radius 1 is 1.11 bits per heavy atom. The van der Waals surface area contributed by atoms with Gasteiger partial charge in [0.25, 0.3) is 5.91 Å². The number of carbonyl (C=O) groups is 2. The highest BCUT2D eigenvalue weighted by molar-refractivity contribution is 5.77. The van der Waals surface area contributed by atoms with Crippen molar-refractivity contribution in [2.24, 2.45) is 0 Å². The van der Waals surface area contributed by atoms with Gasteiger partial charge in [0.2, 0.25) is 12.7 Å². The summed E-state index contributed by atoms with van der Waals surface area (Å²) in [5.41, 5.74) is 2.07. The molecule has 28 heavy (non-hydrogen) atoms. The van der Waals surface area contributed by atoms with Crippen molar-refractivity contribution in [3.05, 3.63) is 53.6 Å². The van der Waals surface area contributed by atoms with Crippen molar-refractivity contribution >= 4 is 11.8 Å². The molecular formula is C21H24N2O5. The summed E-state index contributed by atoms with van der Waals surface area (Å²) in [7, 11) is 0. The zero-order valence-corrected chi connectivity index (χ0v) is 16.1. The van der Waals surface area contributed by atoms with E-state index in [1.807, 2.05) is 49.4 Å². The highest BCUT2D eigenvalue weighted by Crippen LogP contribution is 2.32. The van der Waals surface area contributed by atoms with Crippen molar-refractivity contribution in [2.75, 3.05) is 26.5 Å². The number of hydrogen-bond donors (Lipinski definition) is 1. The molecule has 1 heterocycles. The van der Waals surface area contributed by atoms with E-state index in [1.165, 1.54) is 6.92 Å². The molecule has 2 aromatic rings. The van der Waals surface area contributed by atoms with Gasteiger partial charge in [-0.25, -0.2) is 0 Å². The van der Waals surface area contributed by atoms with Crippen LogP contribution in [-0.2, 0) is 16.1 Å². The minimum atomic E-state index is -0.229. The SMILES string of the molecule is CC(=O)N(CCNC(=O)COc1ccc(C)cc1)Cc1ccc2c(c1)OCO2. The Labute approximate surface area is 164 Å². The van der Waals surface area contributed by atoms with Crippen LogP contribution in [0.1, 0.15) is 18.1 Å². The number of nitrogens with zero attached hydrogens (tertiary/aromatic N) is 1. The van der Waals surface area contributed by atoms with Crippen molar-refractivity contribution in [3.8, 4) is 17.2 Å². The zero-order chi connectivity index (χ0) is 19.9. The lowest BCUT2D eigenvalue weighted by molar-refractivity contribution is -0.130. The van der Waals surface area contributed by atoms with Crippen LogP contribution >= 0.6 is 0 Å². The minimum Gasteiger partial charge on any atom is -0.484 e. The topological polar surface area (TPSA) is 77.1 Å². The molecule has 0 atom stereocenters. The van der Waals surface area contributed by atoms with Crippen molar-refractivity contribution in [3.63, 3.8) is 0 Å². The molecule has 2 aromatic carbocycles. The predicted molar refractivity (Wildman–Crippen MR) is 103 cm³/mol. The third-order valence-electron chi connectivity index (χ3n) is 4.35. The van der Waals surface area contributed by atoms with Gasteiger partial charge in [-0.1, -0.05) is 23.8 Å². The van der Waals surface area contributed by atoms with E-state index in [-0.39, 0.29) is 25.2 Å². The van der Waals surface area contributed by atoms with E-state index in [9.17, 15) is 9.59 Å². The number of hydrogen-bond acceptors (Lipinski definition) is 5. The lowest BCUT2D eigenvalue weighted by Gasteiger charge is -2.21. The number of amides is 2. The van der Waals surface area contributed by atoms with Crippen LogP contribution < -0.4 is 19.5 Å². The van der Waals surface area contributed by atoms with Gasteiger partial charge >= 0.3 is 0 Å². The van der Waals surface area contributed by atoms with Crippen LogP contribution in [0.5, 0.6) is 17.2 Å². The van der Waals surface area contributed by atoms with Crippen molar-refractivity contribution in [1.82, 2.24) is 10.2 Å². The third kappa shape index (κ3) is 5.39. The fourth-order valence-electron chi connectivity index (χ4n) is 2.77. The average Bonchev–Trinajstić information content (AvgIpc) is 3.14. The molecule has 1 aliphatic heterocycles. The zero-order valence-electron chi connectivity index (χ0n) is 16.1. The van der Waals surface area contributed by atoms with Crippen molar-refractivity contribution in [2.45, 2.75) is 20.4 Å². The highest BCUT2D eigenvalue weighted by Gasteiger charge is 2.16. The summed E-state index contributed by atoms with van der Waals surface area (Å²) in [6, 6.07) is 13.1. The second kappa shape index (κ2) is 9.12. The van der Waals surface area contributed by atoms with Gasteiger partial charge in [0.05, 0.1) is 0 Å². The van der Waals surface area contributed by atoms with Crippen LogP contribution in [0.3, 0.4) is 0 Å². The van der Waals surface area contributed by atoms with E-state index in [4.69, 9.17) is 14.2 Å². The van der Waals surface area contributed by atoms with Crippen LogP contribution in [0.4, 0.5) is 0 Å². The summed E-state index contributed by atoms with van der Waals surface area (Å²) in [5.74, 6) is 1.74. The fourth-order valence-corrected chi connectivity index (χ4v) is 2.77. The average molecular weight is 384 g/mol. The maximum Gasteiger partial charge on any atom is 0.258 e. The van der Waals surface area contributed by atoms with Crippen LogP contribution in [0.25, 0.3) is 0 Å². The van der Waals surface area contributed by atoms with Gasteiger partial charge in [-0.05, 0) is 36.8 Å². The number of rotatable bonds is 8. The Morgan fingerprint density at radius 2 is 1.86 bits per heavy atom. The number of carbonyl (C=O) groups excluding carboxylic acids is 2. The van der Waals surface area contributed by atoms with Gasteiger partial charge in [-0.3, -0.25) is 9.59 Å². The van der Waals surface area contributed by atoms with Crippen LogP contribution in [0, 0.1) is 6.92 Å². The fraction of sp³-hybridized carbons (Fsp3) is 0.333. The van der Waals surface area contributed by atoms with Gasteiger partial charge in [0.1, 0.15) is 5.75 Å². The number of benzene rings is 2. The molecule has 7 heteroatoms. The lowest BCUT2D eigenvalue weighted by Crippen LogP contribution is -2.38. The van der Waals surface area contributed by atoms with Gasteiger partial charge in [-0.2, -0.15) is 0 Å². The molecule has 0 saturated heterocycles. The molecule has 2 amide bonds. The molecule has 0 fully saturated rings. The molecule has 1 aliphatic rings. The van der Waals surface area contributed by atoms with E-state index in [1.54, 1.807) is 4.90 Å². The van der Waals surface area contributed by atoms with Crippen molar-refractivity contribution in [1.29, 1.82) is 0 Å². The molecule has 1 N–H and O–H groups in total. The summed E-state index contributed by atoms with van der Waals surface area (Å²) in [6.07, 6.45) is 0. The Kier molecular flexibility index (Phi) is 6.37. The van der Waals surface area contributed by atoms with Crippen LogP contribution in [0.2, 0.25) is 0 Å². The number of aryl methyl sites for hydroxylation is 1. The first-order chi connectivity index (χ1) is 13.5. The molecule has 7 nitrogen and oxygen atoms in total. The molecule has 0 aromatic heterocycles. The van der Waals surface area contributed by atoms with E-state index in [0.29, 0.717) is 36.9 Å². The second-order valence-electron chi connectivity index (χ2n) is 6.58. The molecule has 0 saturated carbocycles. The minimum absolute atomic E-state index is 0.0642. The lowest BCUT2D eigenvalue weighted by atomic mass is 10.2.